The SMILES string of the molecule is O=C1c2c([nH]c3ccccc23)C2OCCC2C1(F)F. The first-order valence-corrected chi connectivity index (χ1v) is 6.25. The minimum Gasteiger partial charge on any atom is -0.371 e. The van der Waals surface area contributed by atoms with Crippen LogP contribution in [0.1, 0.15) is 28.6 Å². The normalized spacial score (nSPS) is 28.4. The van der Waals surface area contributed by atoms with Crippen molar-refractivity contribution in [1.29, 1.82) is 0 Å². The molecule has 1 saturated heterocycles. The second kappa shape index (κ2) is 3.42. The number of ether oxygens (including phenoxy) is 1. The number of rotatable bonds is 0. The van der Waals surface area contributed by atoms with E-state index in [-0.39, 0.29) is 18.6 Å². The first-order valence-electron chi connectivity index (χ1n) is 6.25. The first kappa shape index (κ1) is 11.1. The standard InChI is InChI=1S/C14H11F2NO2/c15-14(16)8-5-6-19-12(8)11-10(13(14)18)7-3-1-2-4-9(7)17-11/h1-4,8,12,17H,5-6H2. The number of alkyl halides is 2. The summed E-state index contributed by atoms with van der Waals surface area (Å²) in [7, 11) is 0. The molecule has 1 aromatic carbocycles. The number of Topliss-reactive ketones (excluding diaryl/α,β-unsaturated/α-hetero) is 1. The second-order valence-electron chi connectivity index (χ2n) is 5.10. The van der Waals surface area contributed by atoms with Crippen LogP contribution in [0.15, 0.2) is 24.3 Å². The highest BCUT2D eigenvalue weighted by molar-refractivity contribution is 6.13. The van der Waals surface area contributed by atoms with Crippen molar-refractivity contribution in [1.82, 2.24) is 4.98 Å². The molecular weight excluding hydrogens is 252 g/mol. The van der Waals surface area contributed by atoms with Gasteiger partial charge in [-0.3, -0.25) is 4.79 Å². The molecule has 0 saturated carbocycles. The Bertz CT molecular complexity index is 692. The van der Waals surface area contributed by atoms with Crippen molar-refractivity contribution in [3.63, 3.8) is 0 Å². The maximum absolute atomic E-state index is 14.2. The van der Waals surface area contributed by atoms with Crippen LogP contribution >= 0.6 is 0 Å². The molecule has 0 spiro atoms. The minimum atomic E-state index is -3.33. The first-order chi connectivity index (χ1) is 9.10. The summed E-state index contributed by atoms with van der Waals surface area (Å²) in [5, 5.41) is 0.552. The lowest BCUT2D eigenvalue weighted by Crippen LogP contribution is -2.43. The molecule has 0 bridgehead atoms. The zero-order valence-electron chi connectivity index (χ0n) is 9.95. The minimum absolute atomic E-state index is 0.101. The Balaban J connectivity index is 2.06. The number of aromatic nitrogens is 1. The van der Waals surface area contributed by atoms with E-state index in [9.17, 15) is 13.6 Å². The molecular formula is C14H11F2NO2. The number of H-pyrrole nitrogens is 1. The van der Waals surface area contributed by atoms with Crippen LogP contribution in [0.2, 0.25) is 0 Å². The van der Waals surface area contributed by atoms with Crippen LogP contribution in [0, 0.1) is 5.92 Å². The molecule has 19 heavy (non-hydrogen) atoms. The van der Waals surface area contributed by atoms with Crippen molar-refractivity contribution in [2.24, 2.45) is 5.92 Å². The highest BCUT2D eigenvalue weighted by Gasteiger charge is 2.59. The van der Waals surface area contributed by atoms with Crippen LogP contribution in [-0.4, -0.2) is 23.3 Å². The predicted octanol–water partition coefficient (Wildman–Crippen LogP) is 3.08. The third-order valence-electron chi connectivity index (χ3n) is 4.11. The van der Waals surface area contributed by atoms with Gasteiger partial charge < -0.3 is 9.72 Å². The van der Waals surface area contributed by atoms with Gasteiger partial charge in [0, 0.05) is 17.5 Å². The Kier molecular flexibility index (Phi) is 2.00. The van der Waals surface area contributed by atoms with Gasteiger partial charge in [-0.15, -0.1) is 0 Å². The summed E-state index contributed by atoms with van der Waals surface area (Å²) in [4.78, 5) is 15.2. The fourth-order valence-corrected chi connectivity index (χ4v) is 3.20. The molecule has 1 aromatic heterocycles. The predicted molar refractivity (Wildman–Crippen MR) is 64.4 cm³/mol. The smallest absolute Gasteiger partial charge is 0.315 e. The summed E-state index contributed by atoms with van der Waals surface area (Å²) in [6, 6.07) is 7.01. The van der Waals surface area contributed by atoms with Gasteiger partial charge in [0.2, 0.25) is 5.78 Å². The zero-order chi connectivity index (χ0) is 13.2. The van der Waals surface area contributed by atoms with Gasteiger partial charge >= 0.3 is 5.92 Å². The van der Waals surface area contributed by atoms with Crippen molar-refractivity contribution in [2.45, 2.75) is 18.4 Å². The summed E-state index contributed by atoms with van der Waals surface area (Å²) < 4.78 is 33.8. The maximum atomic E-state index is 14.2. The van der Waals surface area contributed by atoms with E-state index in [1.807, 2.05) is 0 Å². The third kappa shape index (κ3) is 1.26. The number of hydrogen-bond acceptors (Lipinski definition) is 2. The molecule has 1 fully saturated rings. The average Bonchev–Trinajstić information content (AvgIpc) is 3.01. The van der Waals surface area contributed by atoms with Crippen LogP contribution in [0.5, 0.6) is 0 Å². The number of aromatic amines is 1. The van der Waals surface area contributed by atoms with Crippen molar-refractivity contribution in [2.75, 3.05) is 6.61 Å². The number of fused-ring (bicyclic) bond motifs is 5. The van der Waals surface area contributed by atoms with E-state index in [0.29, 0.717) is 16.6 Å². The molecule has 98 valence electrons. The van der Waals surface area contributed by atoms with Gasteiger partial charge in [0.15, 0.2) is 0 Å². The molecule has 2 heterocycles. The molecule has 1 aliphatic carbocycles. The number of benzene rings is 1. The molecule has 1 N–H and O–H groups in total. The van der Waals surface area contributed by atoms with Crippen LogP contribution < -0.4 is 0 Å². The van der Waals surface area contributed by atoms with Crippen LogP contribution in [0.3, 0.4) is 0 Å². The van der Waals surface area contributed by atoms with E-state index < -0.39 is 23.7 Å². The van der Waals surface area contributed by atoms with E-state index in [2.05, 4.69) is 4.98 Å². The lowest BCUT2D eigenvalue weighted by atomic mass is 9.80. The average molecular weight is 263 g/mol. The number of carbonyl (C=O) groups is 1. The topological polar surface area (TPSA) is 42.1 Å². The van der Waals surface area contributed by atoms with E-state index >= 15 is 0 Å². The van der Waals surface area contributed by atoms with Crippen LogP contribution in [0.4, 0.5) is 8.78 Å². The van der Waals surface area contributed by atoms with Crippen LogP contribution in [-0.2, 0) is 4.74 Å². The number of para-hydroxylation sites is 1. The van der Waals surface area contributed by atoms with E-state index in [4.69, 9.17) is 4.74 Å². The van der Waals surface area contributed by atoms with Crippen molar-refractivity contribution in [3.05, 3.63) is 35.5 Å². The Hall–Kier alpha value is -1.75. The molecule has 4 rings (SSSR count). The van der Waals surface area contributed by atoms with Gasteiger partial charge in [-0.2, -0.15) is 8.78 Å². The maximum Gasteiger partial charge on any atom is 0.315 e. The van der Waals surface area contributed by atoms with E-state index in [1.165, 1.54) is 0 Å². The fraction of sp³-hybridized carbons (Fsp3) is 0.357. The largest absolute Gasteiger partial charge is 0.371 e. The number of nitrogens with one attached hydrogen (secondary N) is 1. The van der Waals surface area contributed by atoms with Gasteiger partial charge in [0.25, 0.3) is 0 Å². The van der Waals surface area contributed by atoms with Gasteiger partial charge in [-0.1, -0.05) is 18.2 Å². The molecule has 2 unspecified atom stereocenters. The number of carbonyl (C=O) groups excluding carboxylic acids is 1. The molecule has 2 aromatic rings. The summed E-state index contributed by atoms with van der Waals surface area (Å²) in [5.41, 5.74) is 1.32. The molecule has 2 aliphatic rings. The zero-order valence-corrected chi connectivity index (χ0v) is 9.95. The lowest BCUT2D eigenvalue weighted by molar-refractivity contribution is -0.0638. The Morgan fingerprint density at radius 2 is 2.11 bits per heavy atom. The van der Waals surface area contributed by atoms with E-state index in [1.54, 1.807) is 24.3 Å². The van der Waals surface area contributed by atoms with Crippen molar-refractivity contribution in [3.8, 4) is 0 Å². The summed E-state index contributed by atoms with van der Waals surface area (Å²) >= 11 is 0. The molecule has 1 aliphatic heterocycles. The monoisotopic (exact) mass is 263 g/mol. The highest BCUT2D eigenvalue weighted by atomic mass is 19.3. The van der Waals surface area contributed by atoms with Crippen LogP contribution in [0.25, 0.3) is 10.9 Å². The highest BCUT2D eigenvalue weighted by Crippen LogP contribution is 2.51. The third-order valence-corrected chi connectivity index (χ3v) is 4.11. The molecule has 5 heteroatoms. The molecule has 2 atom stereocenters. The second-order valence-corrected chi connectivity index (χ2v) is 5.10. The summed E-state index contributed by atoms with van der Waals surface area (Å²) in [5.74, 6) is -5.45. The van der Waals surface area contributed by atoms with Crippen molar-refractivity contribution < 1.29 is 18.3 Å². The lowest BCUT2D eigenvalue weighted by Gasteiger charge is -2.31. The fourth-order valence-electron chi connectivity index (χ4n) is 3.20. The number of ketones is 1. The Morgan fingerprint density at radius 1 is 1.32 bits per heavy atom. The molecule has 0 radical (unpaired) electrons. The van der Waals surface area contributed by atoms with Gasteiger partial charge in [0.05, 0.1) is 17.2 Å². The van der Waals surface area contributed by atoms with Crippen molar-refractivity contribution >= 4 is 16.7 Å². The van der Waals surface area contributed by atoms with Gasteiger partial charge in [0.1, 0.15) is 6.10 Å². The quantitative estimate of drug-likeness (QED) is 0.793. The Labute approximate surface area is 107 Å². The summed E-state index contributed by atoms with van der Waals surface area (Å²) in [6.45, 7) is 0.271. The number of hydrogen-bond donors (Lipinski definition) is 1. The Morgan fingerprint density at radius 3 is 2.95 bits per heavy atom. The molecule has 3 nitrogen and oxygen atoms in total. The molecule has 0 amide bonds. The summed E-state index contributed by atoms with van der Waals surface area (Å²) in [6.07, 6.45) is -0.479. The number of halogens is 2. The van der Waals surface area contributed by atoms with Gasteiger partial charge in [-0.25, -0.2) is 0 Å². The van der Waals surface area contributed by atoms with Gasteiger partial charge in [-0.05, 0) is 12.5 Å². The van der Waals surface area contributed by atoms with E-state index in [0.717, 1.165) is 0 Å².